The largest absolute Gasteiger partial charge is 0.335 e. The monoisotopic (exact) mass is 360 g/mol. The molecule has 2 amide bonds. The fourth-order valence-corrected chi connectivity index (χ4v) is 3.14. The van der Waals surface area contributed by atoms with Crippen LogP contribution < -0.4 is 0 Å². The SMILES string of the molecule is CCCc1cc(C(=O)N2CCN(C(=O)c3cccc(Cl)c3)CC2)n[nH]1. The van der Waals surface area contributed by atoms with Crippen LogP contribution in [0.3, 0.4) is 0 Å². The first-order chi connectivity index (χ1) is 12.1. The van der Waals surface area contributed by atoms with Gasteiger partial charge in [-0.2, -0.15) is 5.10 Å². The van der Waals surface area contributed by atoms with Crippen LogP contribution in [0.2, 0.25) is 5.02 Å². The number of nitrogens with one attached hydrogen (secondary N) is 1. The molecule has 0 unspecified atom stereocenters. The number of amides is 2. The van der Waals surface area contributed by atoms with Gasteiger partial charge in [0.25, 0.3) is 11.8 Å². The molecule has 2 heterocycles. The first-order valence-corrected chi connectivity index (χ1v) is 8.84. The zero-order chi connectivity index (χ0) is 17.8. The van der Waals surface area contributed by atoms with Crippen LogP contribution in [0, 0.1) is 0 Å². The van der Waals surface area contributed by atoms with Crippen LogP contribution in [0.25, 0.3) is 0 Å². The van der Waals surface area contributed by atoms with Crippen molar-refractivity contribution in [3.05, 3.63) is 52.3 Å². The Balaban J connectivity index is 1.59. The summed E-state index contributed by atoms with van der Waals surface area (Å²) < 4.78 is 0. The number of benzene rings is 1. The van der Waals surface area contributed by atoms with E-state index in [1.807, 2.05) is 6.07 Å². The Hall–Kier alpha value is -2.34. The zero-order valence-corrected chi connectivity index (χ0v) is 14.9. The van der Waals surface area contributed by atoms with E-state index in [9.17, 15) is 9.59 Å². The van der Waals surface area contributed by atoms with E-state index in [1.165, 1.54) is 0 Å². The summed E-state index contributed by atoms with van der Waals surface area (Å²) in [4.78, 5) is 28.5. The number of H-pyrrole nitrogens is 1. The minimum Gasteiger partial charge on any atom is -0.335 e. The van der Waals surface area contributed by atoms with Crippen molar-refractivity contribution in [3.63, 3.8) is 0 Å². The number of hydrogen-bond acceptors (Lipinski definition) is 3. The number of aryl methyl sites for hydroxylation is 1. The van der Waals surface area contributed by atoms with Gasteiger partial charge in [0.05, 0.1) is 0 Å². The molecule has 0 radical (unpaired) electrons. The van der Waals surface area contributed by atoms with Gasteiger partial charge in [-0.3, -0.25) is 14.7 Å². The standard InChI is InChI=1S/C18H21ClN4O2/c1-2-4-15-12-16(21-20-15)18(25)23-9-7-22(8-10-23)17(24)13-5-3-6-14(19)11-13/h3,5-6,11-12H,2,4,7-10H2,1H3,(H,20,21). The van der Waals surface area contributed by atoms with E-state index < -0.39 is 0 Å². The van der Waals surface area contributed by atoms with Crippen LogP contribution in [-0.4, -0.2) is 58.0 Å². The predicted octanol–water partition coefficient (Wildman–Crippen LogP) is 2.61. The third-order valence-electron chi connectivity index (χ3n) is 4.30. The summed E-state index contributed by atoms with van der Waals surface area (Å²) in [5, 5.41) is 7.56. The molecule has 1 N–H and O–H groups in total. The zero-order valence-electron chi connectivity index (χ0n) is 14.2. The van der Waals surface area contributed by atoms with Crippen molar-refractivity contribution in [2.45, 2.75) is 19.8 Å². The maximum absolute atomic E-state index is 12.5. The smallest absolute Gasteiger partial charge is 0.274 e. The molecular weight excluding hydrogens is 340 g/mol. The van der Waals surface area contributed by atoms with Crippen molar-refractivity contribution in [3.8, 4) is 0 Å². The molecule has 3 rings (SSSR count). The predicted molar refractivity (Wildman–Crippen MR) is 95.8 cm³/mol. The van der Waals surface area contributed by atoms with Gasteiger partial charge in [0.15, 0.2) is 0 Å². The van der Waals surface area contributed by atoms with E-state index in [4.69, 9.17) is 11.6 Å². The van der Waals surface area contributed by atoms with Crippen molar-refractivity contribution in [1.29, 1.82) is 0 Å². The van der Waals surface area contributed by atoms with Crippen molar-refractivity contribution < 1.29 is 9.59 Å². The number of aromatic amines is 1. The second-order valence-electron chi connectivity index (χ2n) is 6.12. The molecule has 1 aromatic carbocycles. The van der Waals surface area contributed by atoms with Crippen LogP contribution >= 0.6 is 11.6 Å². The van der Waals surface area contributed by atoms with Crippen LogP contribution in [-0.2, 0) is 6.42 Å². The van der Waals surface area contributed by atoms with Gasteiger partial charge in [0.2, 0.25) is 0 Å². The molecule has 0 bridgehead atoms. The second-order valence-corrected chi connectivity index (χ2v) is 6.56. The number of carbonyl (C=O) groups is 2. The molecule has 1 aliphatic rings. The molecule has 1 aromatic heterocycles. The lowest BCUT2D eigenvalue weighted by Crippen LogP contribution is -2.50. The fraction of sp³-hybridized carbons (Fsp3) is 0.389. The Bertz CT molecular complexity index is 766. The van der Waals surface area contributed by atoms with Gasteiger partial charge < -0.3 is 9.80 Å². The van der Waals surface area contributed by atoms with Gasteiger partial charge in [-0.15, -0.1) is 0 Å². The summed E-state index contributed by atoms with van der Waals surface area (Å²) in [6.45, 7) is 4.09. The molecule has 0 atom stereocenters. The van der Waals surface area contributed by atoms with E-state index in [2.05, 4.69) is 17.1 Å². The maximum Gasteiger partial charge on any atom is 0.274 e. The average Bonchev–Trinajstić information content (AvgIpc) is 3.09. The highest BCUT2D eigenvalue weighted by Gasteiger charge is 2.26. The van der Waals surface area contributed by atoms with Gasteiger partial charge >= 0.3 is 0 Å². The Labute approximate surface area is 151 Å². The van der Waals surface area contributed by atoms with Gasteiger partial charge in [0, 0.05) is 42.5 Å². The molecule has 1 aliphatic heterocycles. The van der Waals surface area contributed by atoms with Gasteiger partial charge in [-0.1, -0.05) is 31.0 Å². The quantitative estimate of drug-likeness (QED) is 0.911. The van der Waals surface area contributed by atoms with Crippen molar-refractivity contribution in [1.82, 2.24) is 20.0 Å². The number of hydrogen-bond donors (Lipinski definition) is 1. The number of aromatic nitrogens is 2. The fourth-order valence-electron chi connectivity index (χ4n) is 2.95. The Kier molecular flexibility index (Phi) is 5.38. The normalized spacial score (nSPS) is 14.6. The van der Waals surface area contributed by atoms with Crippen molar-refractivity contribution >= 4 is 23.4 Å². The molecule has 2 aromatic rings. The lowest BCUT2D eigenvalue weighted by molar-refractivity contribution is 0.0532. The number of nitrogens with zero attached hydrogens (tertiary/aromatic N) is 3. The molecule has 0 aliphatic carbocycles. The highest BCUT2D eigenvalue weighted by Crippen LogP contribution is 2.15. The lowest BCUT2D eigenvalue weighted by Gasteiger charge is -2.34. The number of carbonyl (C=O) groups excluding carboxylic acids is 2. The molecule has 1 saturated heterocycles. The molecule has 132 valence electrons. The molecule has 6 nitrogen and oxygen atoms in total. The Morgan fingerprint density at radius 1 is 1.12 bits per heavy atom. The lowest BCUT2D eigenvalue weighted by atomic mass is 10.1. The van der Waals surface area contributed by atoms with E-state index in [-0.39, 0.29) is 11.8 Å². The first-order valence-electron chi connectivity index (χ1n) is 8.47. The van der Waals surface area contributed by atoms with E-state index >= 15 is 0 Å². The molecule has 1 fully saturated rings. The first kappa shape index (κ1) is 17.5. The van der Waals surface area contributed by atoms with E-state index in [1.54, 1.807) is 34.1 Å². The molecule has 25 heavy (non-hydrogen) atoms. The molecule has 0 saturated carbocycles. The van der Waals surface area contributed by atoms with Crippen molar-refractivity contribution in [2.24, 2.45) is 0 Å². The van der Waals surface area contributed by atoms with Crippen LogP contribution in [0.4, 0.5) is 0 Å². The average molecular weight is 361 g/mol. The molecular formula is C18H21ClN4O2. The van der Waals surface area contributed by atoms with Crippen molar-refractivity contribution in [2.75, 3.05) is 26.2 Å². The van der Waals surface area contributed by atoms with Crippen LogP contribution in [0.5, 0.6) is 0 Å². The number of rotatable bonds is 4. The highest BCUT2D eigenvalue weighted by atomic mass is 35.5. The summed E-state index contributed by atoms with van der Waals surface area (Å²) in [6.07, 6.45) is 1.88. The van der Waals surface area contributed by atoms with E-state index in [0.29, 0.717) is 42.5 Å². The number of halogens is 1. The van der Waals surface area contributed by atoms with Crippen LogP contribution in [0.1, 0.15) is 39.9 Å². The third kappa shape index (κ3) is 4.02. The topological polar surface area (TPSA) is 69.3 Å². The van der Waals surface area contributed by atoms with E-state index in [0.717, 1.165) is 18.5 Å². The Morgan fingerprint density at radius 2 is 1.80 bits per heavy atom. The van der Waals surface area contributed by atoms with Gasteiger partial charge in [-0.25, -0.2) is 0 Å². The Morgan fingerprint density at radius 3 is 2.44 bits per heavy atom. The number of piperazine rings is 1. The van der Waals surface area contributed by atoms with Gasteiger partial charge in [0.1, 0.15) is 5.69 Å². The second kappa shape index (κ2) is 7.70. The minimum absolute atomic E-state index is 0.0559. The molecule has 7 heteroatoms. The van der Waals surface area contributed by atoms with Gasteiger partial charge in [-0.05, 0) is 30.7 Å². The summed E-state index contributed by atoms with van der Waals surface area (Å²) in [6, 6.07) is 8.74. The summed E-state index contributed by atoms with van der Waals surface area (Å²) in [5.74, 6) is -0.145. The summed E-state index contributed by atoms with van der Waals surface area (Å²) in [5.41, 5.74) is 1.99. The third-order valence-corrected chi connectivity index (χ3v) is 4.53. The highest BCUT2D eigenvalue weighted by molar-refractivity contribution is 6.30. The maximum atomic E-state index is 12.5. The van der Waals surface area contributed by atoms with Crippen LogP contribution in [0.15, 0.2) is 30.3 Å². The molecule has 0 spiro atoms. The summed E-state index contributed by atoms with van der Waals surface area (Å²) in [7, 11) is 0. The minimum atomic E-state index is -0.0894. The summed E-state index contributed by atoms with van der Waals surface area (Å²) >= 11 is 5.95.